The van der Waals surface area contributed by atoms with E-state index in [0.29, 0.717) is 11.3 Å². The largest absolute Gasteiger partial charge is 0.496 e. The lowest BCUT2D eigenvalue weighted by molar-refractivity contribution is -0.385. The standard InChI is InChI=1S/C16H14BrN3O5/c1-24-14-7-6-12(17)8-11(14)9-18-19-16(21)10-25-15-5-3-2-4-13(15)20(22)23/h2-9H,10H2,1H3,(H,19,21). The molecule has 0 heterocycles. The van der Waals surface area contributed by atoms with Crippen LogP contribution in [0.3, 0.4) is 0 Å². The lowest BCUT2D eigenvalue weighted by Crippen LogP contribution is -2.24. The van der Waals surface area contributed by atoms with Crippen LogP contribution in [0.15, 0.2) is 52.0 Å². The molecule has 25 heavy (non-hydrogen) atoms. The monoisotopic (exact) mass is 407 g/mol. The SMILES string of the molecule is COc1ccc(Br)cc1C=NNC(=O)COc1ccccc1[N+](=O)[O-]. The third-order valence-corrected chi connectivity index (χ3v) is 3.50. The Morgan fingerprint density at radius 3 is 2.80 bits per heavy atom. The van der Waals surface area contributed by atoms with E-state index >= 15 is 0 Å². The molecule has 2 aromatic rings. The van der Waals surface area contributed by atoms with Gasteiger partial charge >= 0.3 is 5.69 Å². The second-order valence-electron chi connectivity index (χ2n) is 4.69. The predicted octanol–water partition coefficient (Wildman–Crippen LogP) is 2.90. The van der Waals surface area contributed by atoms with Gasteiger partial charge in [-0.25, -0.2) is 5.43 Å². The molecule has 1 N–H and O–H groups in total. The fourth-order valence-corrected chi connectivity index (χ4v) is 2.26. The van der Waals surface area contributed by atoms with E-state index in [-0.39, 0.29) is 11.4 Å². The van der Waals surface area contributed by atoms with E-state index in [1.54, 1.807) is 18.2 Å². The molecule has 0 aromatic heterocycles. The zero-order valence-electron chi connectivity index (χ0n) is 13.1. The fourth-order valence-electron chi connectivity index (χ4n) is 1.89. The molecule has 130 valence electrons. The Kier molecular flexibility index (Phi) is 6.47. The minimum Gasteiger partial charge on any atom is -0.496 e. The second-order valence-corrected chi connectivity index (χ2v) is 5.61. The Morgan fingerprint density at radius 1 is 1.32 bits per heavy atom. The highest BCUT2D eigenvalue weighted by Gasteiger charge is 2.14. The summed E-state index contributed by atoms with van der Waals surface area (Å²) in [5.74, 6) is 0.0565. The van der Waals surface area contributed by atoms with Gasteiger partial charge in [-0.15, -0.1) is 0 Å². The predicted molar refractivity (Wildman–Crippen MR) is 95.0 cm³/mol. The number of nitro groups is 1. The van der Waals surface area contributed by atoms with Crippen molar-refractivity contribution in [1.29, 1.82) is 0 Å². The summed E-state index contributed by atoms with van der Waals surface area (Å²) in [4.78, 5) is 22.0. The second kappa shape index (κ2) is 8.78. The molecule has 0 spiro atoms. The molecular formula is C16H14BrN3O5. The summed E-state index contributed by atoms with van der Waals surface area (Å²) in [6.45, 7) is -0.405. The number of carbonyl (C=O) groups excluding carboxylic acids is 1. The summed E-state index contributed by atoms with van der Waals surface area (Å²) in [7, 11) is 1.53. The van der Waals surface area contributed by atoms with Crippen LogP contribution in [0.2, 0.25) is 0 Å². The molecule has 0 aliphatic rings. The summed E-state index contributed by atoms with van der Waals surface area (Å²) in [5, 5.41) is 14.7. The van der Waals surface area contributed by atoms with Crippen LogP contribution in [0, 0.1) is 10.1 Å². The first kappa shape index (κ1) is 18.4. The molecule has 2 rings (SSSR count). The molecule has 0 bridgehead atoms. The number of hydrogen-bond donors (Lipinski definition) is 1. The number of nitro benzene ring substituents is 1. The number of methoxy groups -OCH3 is 1. The molecule has 8 nitrogen and oxygen atoms in total. The van der Waals surface area contributed by atoms with Crippen molar-refractivity contribution in [3.05, 3.63) is 62.6 Å². The van der Waals surface area contributed by atoms with E-state index in [1.807, 2.05) is 6.07 Å². The number of hydrazone groups is 1. The minimum absolute atomic E-state index is 0.0142. The maximum atomic E-state index is 11.7. The van der Waals surface area contributed by atoms with Crippen molar-refractivity contribution >= 4 is 33.7 Å². The van der Waals surface area contributed by atoms with Crippen LogP contribution in [-0.4, -0.2) is 30.8 Å². The molecule has 0 saturated heterocycles. The molecule has 0 saturated carbocycles. The van der Waals surface area contributed by atoms with Crippen LogP contribution in [0.4, 0.5) is 5.69 Å². The molecular weight excluding hydrogens is 394 g/mol. The number of rotatable bonds is 7. The van der Waals surface area contributed by atoms with Crippen molar-refractivity contribution in [3.63, 3.8) is 0 Å². The first-order valence-corrected chi connectivity index (χ1v) is 7.82. The average Bonchev–Trinajstić information content (AvgIpc) is 2.60. The quantitative estimate of drug-likeness (QED) is 0.431. The van der Waals surface area contributed by atoms with Crippen LogP contribution >= 0.6 is 15.9 Å². The van der Waals surface area contributed by atoms with E-state index in [4.69, 9.17) is 9.47 Å². The van der Waals surface area contributed by atoms with Crippen LogP contribution in [0.1, 0.15) is 5.56 Å². The number of nitrogens with one attached hydrogen (secondary N) is 1. The van der Waals surface area contributed by atoms with Gasteiger partial charge in [0.05, 0.1) is 18.2 Å². The summed E-state index contributed by atoms with van der Waals surface area (Å²) in [6.07, 6.45) is 1.42. The Morgan fingerprint density at radius 2 is 2.08 bits per heavy atom. The van der Waals surface area contributed by atoms with Gasteiger partial charge in [-0.1, -0.05) is 28.1 Å². The molecule has 1 amide bonds. The molecule has 0 atom stereocenters. The molecule has 0 aliphatic heterocycles. The van der Waals surface area contributed by atoms with Crippen LogP contribution < -0.4 is 14.9 Å². The molecule has 0 unspecified atom stereocenters. The van der Waals surface area contributed by atoms with E-state index < -0.39 is 17.4 Å². The molecule has 9 heteroatoms. The number of carbonyl (C=O) groups is 1. The van der Waals surface area contributed by atoms with Gasteiger partial charge in [-0.3, -0.25) is 14.9 Å². The Balaban J connectivity index is 1.94. The maximum absolute atomic E-state index is 11.7. The van der Waals surface area contributed by atoms with Gasteiger partial charge in [0.2, 0.25) is 0 Å². The van der Waals surface area contributed by atoms with Crippen molar-refractivity contribution in [3.8, 4) is 11.5 Å². The molecule has 2 aromatic carbocycles. The smallest absolute Gasteiger partial charge is 0.310 e. The van der Waals surface area contributed by atoms with Crippen molar-refractivity contribution in [2.24, 2.45) is 5.10 Å². The average molecular weight is 408 g/mol. The van der Waals surface area contributed by atoms with Gasteiger partial charge in [-0.2, -0.15) is 5.10 Å². The summed E-state index contributed by atoms with van der Waals surface area (Å²) >= 11 is 3.34. The first-order chi connectivity index (χ1) is 12.0. The van der Waals surface area contributed by atoms with Gasteiger partial charge in [0.25, 0.3) is 5.91 Å². The van der Waals surface area contributed by atoms with E-state index in [0.717, 1.165) is 4.47 Å². The van der Waals surface area contributed by atoms with Crippen LogP contribution in [0.25, 0.3) is 0 Å². The lowest BCUT2D eigenvalue weighted by Gasteiger charge is -2.06. The maximum Gasteiger partial charge on any atom is 0.310 e. The Labute approximate surface area is 151 Å². The fraction of sp³-hybridized carbons (Fsp3) is 0.125. The van der Waals surface area contributed by atoms with E-state index in [2.05, 4.69) is 26.5 Å². The zero-order chi connectivity index (χ0) is 18.2. The normalized spacial score (nSPS) is 10.5. The summed E-state index contributed by atoms with van der Waals surface area (Å²) < 4.78 is 11.2. The topological polar surface area (TPSA) is 103 Å². The highest BCUT2D eigenvalue weighted by molar-refractivity contribution is 9.10. The highest BCUT2D eigenvalue weighted by Crippen LogP contribution is 2.25. The van der Waals surface area contributed by atoms with Crippen molar-refractivity contribution < 1.29 is 19.2 Å². The minimum atomic E-state index is -0.578. The number of benzene rings is 2. The van der Waals surface area contributed by atoms with Crippen molar-refractivity contribution in [2.45, 2.75) is 0 Å². The zero-order valence-corrected chi connectivity index (χ0v) is 14.7. The summed E-state index contributed by atoms with van der Waals surface area (Å²) in [5.41, 5.74) is 2.74. The van der Waals surface area contributed by atoms with Gasteiger partial charge in [0, 0.05) is 16.1 Å². The number of amides is 1. The molecule has 0 radical (unpaired) electrons. The number of hydrogen-bond acceptors (Lipinski definition) is 6. The highest BCUT2D eigenvalue weighted by atomic mass is 79.9. The number of nitrogens with zero attached hydrogens (tertiary/aromatic N) is 2. The number of para-hydroxylation sites is 2. The number of ether oxygens (including phenoxy) is 2. The van der Waals surface area contributed by atoms with Crippen molar-refractivity contribution in [1.82, 2.24) is 5.43 Å². The van der Waals surface area contributed by atoms with Gasteiger partial charge in [0.15, 0.2) is 12.4 Å². The van der Waals surface area contributed by atoms with Crippen molar-refractivity contribution in [2.75, 3.05) is 13.7 Å². The van der Waals surface area contributed by atoms with Crippen LogP contribution in [-0.2, 0) is 4.79 Å². The molecule has 0 aliphatic carbocycles. The van der Waals surface area contributed by atoms with Gasteiger partial charge in [0.1, 0.15) is 5.75 Å². The lowest BCUT2D eigenvalue weighted by atomic mass is 10.2. The van der Waals surface area contributed by atoms with Gasteiger partial charge < -0.3 is 9.47 Å². The third kappa shape index (κ3) is 5.28. The number of halogens is 1. The Bertz CT molecular complexity index is 810. The van der Waals surface area contributed by atoms with E-state index in [1.165, 1.54) is 31.5 Å². The summed E-state index contributed by atoms with van der Waals surface area (Å²) in [6, 6.07) is 11.2. The molecule has 0 fully saturated rings. The first-order valence-electron chi connectivity index (χ1n) is 7.03. The van der Waals surface area contributed by atoms with Gasteiger partial charge in [-0.05, 0) is 24.3 Å². The Hall–Kier alpha value is -2.94. The van der Waals surface area contributed by atoms with Crippen LogP contribution in [0.5, 0.6) is 11.5 Å². The van der Waals surface area contributed by atoms with E-state index in [9.17, 15) is 14.9 Å². The third-order valence-electron chi connectivity index (χ3n) is 3.01.